The van der Waals surface area contributed by atoms with E-state index in [4.69, 9.17) is 9.47 Å². The van der Waals surface area contributed by atoms with E-state index in [-0.39, 0.29) is 0 Å². The molecule has 1 fully saturated rings. The highest BCUT2D eigenvalue weighted by Gasteiger charge is 2.18. The lowest BCUT2D eigenvalue weighted by atomic mass is 9.86. The van der Waals surface area contributed by atoms with Crippen LogP contribution >= 0.6 is 0 Å². The molecule has 20 heavy (non-hydrogen) atoms. The third-order valence-electron chi connectivity index (χ3n) is 3.76. The Bertz CT molecular complexity index is 402. The lowest BCUT2D eigenvalue weighted by Crippen LogP contribution is -2.19. The molecule has 0 amide bonds. The molecule has 1 aromatic rings. The van der Waals surface area contributed by atoms with Gasteiger partial charge in [0, 0.05) is 6.54 Å². The number of ether oxygens (including phenoxy) is 2. The van der Waals surface area contributed by atoms with Crippen molar-refractivity contribution in [3.63, 3.8) is 0 Å². The molecule has 1 aromatic carbocycles. The minimum absolute atomic E-state index is 0.672. The van der Waals surface area contributed by atoms with Crippen molar-refractivity contribution in [1.82, 2.24) is 5.32 Å². The summed E-state index contributed by atoms with van der Waals surface area (Å²) in [5.74, 6) is 2.51. The topological polar surface area (TPSA) is 30.5 Å². The number of hydrogen-bond acceptors (Lipinski definition) is 3. The second-order valence-corrected chi connectivity index (χ2v) is 5.50. The monoisotopic (exact) mass is 277 g/mol. The van der Waals surface area contributed by atoms with Gasteiger partial charge in [-0.05, 0) is 56.3 Å². The maximum absolute atomic E-state index is 5.93. The van der Waals surface area contributed by atoms with Crippen molar-refractivity contribution in [2.75, 3.05) is 19.8 Å². The van der Waals surface area contributed by atoms with Crippen LogP contribution in [0.4, 0.5) is 0 Å². The van der Waals surface area contributed by atoms with Crippen LogP contribution in [0.15, 0.2) is 18.2 Å². The smallest absolute Gasteiger partial charge is 0.161 e. The lowest BCUT2D eigenvalue weighted by Gasteiger charge is -2.25. The number of benzene rings is 1. The SMILES string of the molecule is CCCNCc1ccc(OCC2CCC2)c(OCC)c1. The maximum Gasteiger partial charge on any atom is 0.161 e. The molecule has 1 N–H and O–H groups in total. The zero-order valence-corrected chi connectivity index (χ0v) is 12.8. The molecule has 0 unspecified atom stereocenters. The molecule has 3 nitrogen and oxygen atoms in total. The summed E-state index contributed by atoms with van der Waals surface area (Å²) in [5.41, 5.74) is 1.25. The molecule has 0 saturated heterocycles. The van der Waals surface area contributed by atoms with Crippen molar-refractivity contribution in [2.24, 2.45) is 5.92 Å². The van der Waals surface area contributed by atoms with Gasteiger partial charge in [0.15, 0.2) is 11.5 Å². The van der Waals surface area contributed by atoms with Crippen molar-refractivity contribution >= 4 is 0 Å². The van der Waals surface area contributed by atoms with Crippen LogP contribution in [0.5, 0.6) is 11.5 Å². The molecule has 112 valence electrons. The van der Waals surface area contributed by atoms with Crippen LogP contribution in [0.3, 0.4) is 0 Å². The summed E-state index contributed by atoms with van der Waals surface area (Å²) in [6.07, 6.45) is 5.13. The molecule has 0 spiro atoms. The molecule has 3 heteroatoms. The second kappa shape index (κ2) is 8.15. The van der Waals surface area contributed by atoms with Crippen LogP contribution in [0.2, 0.25) is 0 Å². The molecular weight excluding hydrogens is 250 g/mol. The molecule has 0 aromatic heterocycles. The van der Waals surface area contributed by atoms with Gasteiger partial charge in [-0.25, -0.2) is 0 Å². The van der Waals surface area contributed by atoms with Crippen molar-refractivity contribution in [1.29, 1.82) is 0 Å². The van der Waals surface area contributed by atoms with Gasteiger partial charge in [0.05, 0.1) is 13.2 Å². The zero-order chi connectivity index (χ0) is 14.2. The highest BCUT2D eigenvalue weighted by Crippen LogP contribution is 2.32. The van der Waals surface area contributed by atoms with Gasteiger partial charge in [0.25, 0.3) is 0 Å². The summed E-state index contributed by atoms with van der Waals surface area (Å²) in [4.78, 5) is 0. The van der Waals surface area contributed by atoms with E-state index in [9.17, 15) is 0 Å². The fraction of sp³-hybridized carbons (Fsp3) is 0.647. The van der Waals surface area contributed by atoms with Gasteiger partial charge in [-0.15, -0.1) is 0 Å². The minimum Gasteiger partial charge on any atom is -0.490 e. The third kappa shape index (κ3) is 4.41. The van der Waals surface area contributed by atoms with E-state index in [0.717, 1.165) is 43.5 Å². The highest BCUT2D eigenvalue weighted by molar-refractivity contribution is 5.43. The van der Waals surface area contributed by atoms with E-state index in [1.54, 1.807) is 0 Å². The largest absolute Gasteiger partial charge is 0.490 e. The quantitative estimate of drug-likeness (QED) is 0.697. The number of hydrogen-bond donors (Lipinski definition) is 1. The molecule has 0 atom stereocenters. The van der Waals surface area contributed by atoms with Crippen molar-refractivity contribution in [3.05, 3.63) is 23.8 Å². The van der Waals surface area contributed by atoms with Crippen LogP contribution in [-0.4, -0.2) is 19.8 Å². The van der Waals surface area contributed by atoms with E-state index >= 15 is 0 Å². The van der Waals surface area contributed by atoms with Gasteiger partial charge in [-0.3, -0.25) is 0 Å². The first-order valence-electron chi connectivity index (χ1n) is 7.92. The Balaban J connectivity index is 1.94. The highest BCUT2D eigenvalue weighted by atomic mass is 16.5. The summed E-state index contributed by atoms with van der Waals surface area (Å²) in [5, 5.41) is 3.41. The normalized spacial score (nSPS) is 14.9. The Hall–Kier alpha value is -1.22. The van der Waals surface area contributed by atoms with E-state index < -0.39 is 0 Å². The molecule has 1 saturated carbocycles. The van der Waals surface area contributed by atoms with Crippen molar-refractivity contribution in [3.8, 4) is 11.5 Å². The first-order valence-corrected chi connectivity index (χ1v) is 7.92. The Morgan fingerprint density at radius 2 is 2.00 bits per heavy atom. The molecule has 0 heterocycles. The minimum atomic E-state index is 0.672. The fourth-order valence-electron chi connectivity index (χ4n) is 2.33. The molecule has 1 aliphatic carbocycles. The molecule has 0 bridgehead atoms. The molecule has 2 rings (SSSR count). The summed E-state index contributed by atoms with van der Waals surface area (Å²) in [6, 6.07) is 6.27. The first kappa shape index (κ1) is 15.2. The number of rotatable bonds is 9. The van der Waals surface area contributed by atoms with Crippen LogP contribution in [0.25, 0.3) is 0 Å². The Morgan fingerprint density at radius 1 is 1.15 bits per heavy atom. The van der Waals surface area contributed by atoms with E-state index in [1.165, 1.54) is 24.8 Å². The molecular formula is C17H27NO2. The van der Waals surface area contributed by atoms with Crippen molar-refractivity contribution < 1.29 is 9.47 Å². The Morgan fingerprint density at radius 3 is 2.65 bits per heavy atom. The van der Waals surface area contributed by atoms with Crippen molar-refractivity contribution in [2.45, 2.75) is 46.1 Å². The van der Waals surface area contributed by atoms with Crippen LogP contribution < -0.4 is 14.8 Å². The van der Waals surface area contributed by atoms with Crippen LogP contribution in [0, 0.1) is 5.92 Å². The van der Waals surface area contributed by atoms with E-state index in [1.807, 2.05) is 13.0 Å². The Kier molecular flexibility index (Phi) is 6.19. The maximum atomic E-state index is 5.93. The Labute approximate surface area is 122 Å². The van der Waals surface area contributed by atoms with Crippen LogP contribution in [0.1, 0.15) is 45.1 Å². The average Bonchev–Trinajstić information content (AvgIpc) is 2.40. The van der Waals surface area contributed by atoms with Gasteiger partial charge >= 0.3 is 0 Å². The number of nitrogens with one attached hydrogen (secondary N) is 1. The summed E-state index contributed by atoms with van der Waals surface area (Å²) >= 11 is 0. The average molecular weight is 277 g/mol. The third-order valence-corrected chi connectivity index (χ3v) is 3.76. The predicted molar refractivity (Wildman–Crippen MR) is 82.4 cm³/mol. The van der Waals surface area contributed by atoms with Gasteiger partial charge in [-0.1, -0.05) is 19.4 Å². The van der Waals surface area contributed by atoms with Gasteiger partial charge in [-0.2, -0.15) is 0 Å². The summed E-state index contributed by atoms with van der Waals surface area (Å²) < 4.78 is 11.6. The summed E-state index contributed by atoms with van der Waals surface area (Å²) in [6.45, 7) is 7.62. The second-order valence-electron chi connectivity index (χ2n) is 5.50. The zero-order valence-electron chi connectivity index (χ0n) is 12.8. The standard InChI is InChI=1S/C17H27NO2/c1-3-10-18-12-15-8-9-16(17(11-15)19-4-2)20-13-14-6-5-7-14/h8-9,11,14,18H,3-7,10,12-13H2,1-2H3. The predicted octanol–water partition coefficient (Wildman–Crippen LogP) is 3.76. The van der Waals surface area contributed by atoms with E-state index in [0.29, 0.717) is 6.61 Å². The lowest BCUT2D eigenvalue weighted by molar-refractivity contribution is 0.174. The fourth-order valence-corrected chi connectivity index (χ4v) is 2.33. The van der Waals surface area contributed by atoms with Gasteiger partial charge in [0.1, 0.15) is 0 Å². The molecule has 1 aliphatic rings. The summed E-state index contributed by atoms with van der Waals surface area (Å²) in [7, 11) is 0. The van der Waals surface area contributed by atoms with Gasteiger partial charge in [0.2, 0.25) is 0 Å². The van der Waals surface area contributed by atoms with Gasteiger partial charge < -0.3 is 14.8 Å². The molecule has 0 aliphatic heterocycles. The van der Waals surface area contributed by atoms with Crippen LogP contribution in [-0.2, 0) is 6.54 Å². The first-order chi connectivity index (χ1) is 9.83. The molecule has 0 radical (unpaired) electrons. The van der Waals surface area contributed by atoms with E-state index in [2.05, 4.69) is 24.4 Å².